The summed E-state index contributed by atoms with van der Waals surface area (Å²) >= 11 is 0. The lowest BCUT2D eigenvalue weighted by Gasteiger charge is -2.29. The summed E-state index contributed by atoms with van der Waals surface area (Å²) < 4.78 is 16.2. The van der Waals surface area contributed by atoms with E-state index in [4.69, 9.17) is 14.2 Å². The number of nitrogens with one attached hydrogen (secondary N) is 1. The van der Waals surface area contributed by atoms with Crippen LogP contribution in [0.4, 0.5) is 0 Å². The van der Waals surface area contributed by atoms with Crippen molar-refractivity contribution in [3.8, 4) is 0 Å². The van der Waals surface area contributed by atoms with Gasteiger partial charge < -0.3 is 19.5 Å². The monoisotopic (exact) mass is 257 g/mol. The lowest BCUT2D eigenvalue weighted by Crippen LogP contribution is -2.42. The predicted molar refractivity (Wildman–Crippen MR) is 66.3 cm³/mol. The van der Waals surface area contributed by atoms with Gasteiger partial charge >= 0.3 is 5.97 Å². The van der Waals surface area contributed by atoms with Gasteiger partial charge in [-0.05, 0) is 25.7 Å². The summed E-state index contributed by atoms with van der Waals surface area (Å²) in [5, 5.41) is 3.29. The van der Waals surface area contributed by atoms with Crippen molar-refractivity contribution in [3.63, 3.8) is 0 Å². The van der Waals surface area contributed by atoms with E-state index < -0.39 is 0 Å². The third kappa shape index (κ3) is 3.93. The smallest absolute Gasteiger partial charge is 0.308 e. The largest absolute Gasteiger partial charge is 0.469 e. The SMILES string of the molecule is COC(=O)C1CCC(OCC2CNCCO2)CC1. The predicted octanol–water partition coefficient (Wildman–Crippen LogP) is 0.723. The first-order valence-corrected chi connectivity index (χ1v) is 6.81. The highest BCUT2D eigenvalue weighted by Gasteiger charge is 2.27. The van der Waals surface area contributed by atoms with Crippen molar-refractivity contribution in [1.82, 2.24) is 5.32 Å². The number of rotatable bonds is 4. The molecule has 0 aromatic rings. The fraction of sp³-hybridized carbons (Fsp3) is 0.923. The molecule has 2 rings (SSSR count). The molecule has 0 bridgehead atoms. The second kappa shape index (κ2) is 7.07. The van der Waals surface area contributed by atoms with E-state index in [9.17, 15) is 4.79 Å². The van der Waals surface area contributed by atoms with Crippen molar-refractivity contribution in [3.05, 3.63) is 0 Å². The Balaban J connectivity index is 1.62. The first-order chi connectivity index (χ1) is 8.79. The van der Waals surface area contributed by atoms with E-state index in [0.717, 1.165) is 45.4 Å². The molecule has 1 unspecified atom stereocenters. The topological polar surface area (TPSA) is 56.8 Å². The van der Waals surface area contributed by atoms with Crippen LogP contribution in [0.3, 0.4) is 0 Å². The van der Waals surface area contributed by atoms with Gasteiger partial charge in [0.2, 0.25) is 0 Å². The molecule has 0 radical (unpaired) electrons. The number of esters is 1. The molecule has 1 N–H and O–H groups in total. The van der Waals surface area contributed by atoms with E-state index in [0.29, 0.717) is 6.61 Å². The van der Waals surface area contributed by atoms with Crippen LogP contribution < -0.4 is 5.32 Å². The minimum Gasteiger partial charge on any atom is -0.469 e. The molecule has 104 valence electrons. The molecule has 1 heterocycles. The van der Waals surface area contributed by atoms with E-state index in [1.54, 1.807) is 0 Å². The van der Waals surface area contributed by atoms with Gasteiger partial charge in [-0.15, -0.1) is 0 Å². The third-order valence-corrected chi connectivity index (χ3v) is 3.73. The average molecular weight is 257 g/mol. The number of hydrogen-bond acceptors (Lipinski definition) is 5. The van der Waals surface area contributed by atoms with Gasteiger partial charge in [-0.1, -0.05) is 0 Å². The van der Waals surface area contributed by atoms with Gasteiger partial charge in [0.05, 0.1) is 38.4 Å². The van der Waals surface area contributed by atoms with Gasteiger partial charge in [0.15, 0.2) is 0 Å². The van der Waals surface area contributed by atoms with Gasteiger partial charge in [0, 0.05) is 13.1 Å². The summed E-state index contributed by atoms with van der Waals surface area (Å²) in [4.78, 5) is 11.4. The normalized spacial score (nSPS) is 33.1. The number of carbonyl (C=O) groups excluding carboxylic acids is 1. The fourth-order valence-electron chi connectivity index (χ4n) is 2.60. The standard InChI is InChI=1S/C13H23NO4/c1-16-13(15)10-2-4-11(5-3-10)18-9-12-8-14-6-7-17-12/h10-12,14H,2-9H2,1H3. The number of methoxy groups -OCH3 is 1. The molecule has 5 heteroatoms. The quantitative estimate of drug-likeness (QED) is 0.752. The highest BCUT2D eigenvalue weighted by molar-refractivity contribution is 5.72. The van der Waals surface area contributed by atoms with Gasteiger partial charge in [0.25, 0.3) is 0 Å². The minimum atomic E-state index is -0.0757. The third-order valence-electron chi connectivity index (χ3n) is 3.73. The lowest BCUT2D eigenvalue weighted by molar-refractivity contribution is -0.148. The summed E-state index contributed by atoms with van der Waals surface area (Å²) in [7, 11) is 1.46. The second-order valence-corrected chi connectivity index (χ2v) is 5.03. The van der Waals surface area contributed by atoms with Crippen molar-refractivity contribution in [2.75, 3.05) is 33.4 Å². The van der Waals surface area contributed by atoms with Crippen LogP contribution in [0.5, 0.6) is 0 Å². The molecular formula is C13H23NO4. The Labute approximate surface area is 108 Å². The molecule has 1 atom stereocenters. The van der Waals surface area contributed by atoms with E-state index in [1.165, 1.54) is 7.11 Å². The molecule has 1 aliphatic heterocycles. The number of hydrogen-bond donors (Lipinski definition) is 1. The highest BCUT2D eigenvalue weighted by Crippen LogP contribution is 2.27. The zero-order chi connectivity index (χ0) is 12.8. The Bertz CT molecular complexity index is 258. The average Bonchev–Trinajstić information content (AvgIpc) is 2.46. The van der Waals surface area contributed by atoms with Crippen molar-refractivity contribution < 1.29 is 19.0 Å². The Kier molecular flexibility index (Phi) is 5.41. The van der Waals surface area contributed by atoms with Crippen molar-refractivity contribution in [2.45, 2.75) is 37.9 Å². The van der Waals surface area contributed by atoms with E-state index >= 15 is 0 Å². The molecule has 2 aliphatic rings. The van der Waals surface area contributed by atoms with Crippen molar-refractivity contribution >= 4 is 5.97 Å². The number of carbonyl (C=O) groups is 1. The van der Waals surface area contributed by atoms with E-state index in [2.05, 4.69) is 5.32 Å². The molecule has 5 nitrogen and oxygen atoms in total. The van der Waals surface area contributed by atoms with Crippen LogP contribution in [0, 0.1) is 5.92 Å². The van der Waals surface area contributed by atoms with E-state index in [-0.39, 0.29) is 24.1 Å². The van der Waals surface area contributed by atoms with Crippen LogP contribution in [-0.2, 0) is 19.0 Å². The Morgan fingerprint density at radius 1 is 1.33 bits per heavy atom. The maximum Gasteiger partial charge on any atom is 0.308 e. The first-order valence-electron chi connectivity index (χ1n) is 6.81. The maximum absolute atomic E-state index is 11.4. The Morgan fingerprint density at radius 3 is 2.72 bits per heavy atom. The van der Waals surface area contributed by atoms with Gasteiger partial charge in [-0.25, -0.2) is 0 Å². The summed E-state index contributed by atoms with van der Waals surface area (Å²) in [6.45, 7) is 3.22. The summed E-state index contributed by atoms with van der Waals surface area (Å²) in [5.74, 6) is -0.00397. The molecule has 1 saturated heterocycles. The lowest BCUT2D eigenvalue weighted by atomic mass is 9.87. The minimum absolute atomic E-state index is 0.0717. The molecule has 0 aromatic heterocycles. The van der Waals surface area contributed by atoms with E-state index in [1.807, 2.05) is 0 Å². The molecular weight excluding hydrogens is 234 g/mol. The van der Waals surface area contributed by atoms with Crippen molar-refractivity contribution in [2.24, 2.45) is 5.92 Å². The van der Waals surface area contributed by atoms with Crippen LogP contribution in [0.25, 0.3) is 0 Å². The Morgan fingerprint density at radius 2 is 2.11 bits per heavy atom. The van der Waals surface area contributed by atoms with Crippen LogP contribution in [0.15, 0.2) is 0 Å². The second-order valence-electron chi connectivity index (χ2n) is 5.03. The molecule has 1 aliphatic carbocycles. The van der Waals surface area contributed by atoms with Crippen LogP contribution >= 0.6 is 0 Å². The first kappa shape index (κ1) is 13.8. The Hall–Kier alpha value is -0.650. The maximum atomic E-state index is 11.4. The summed E-state index contributed by atoms with van der Waals surface area (Å²) in [6.07, 6.45) is 4.09. The zero-order valence-electron chi connectivity index (χ0n) is 11.0. The van der Waals surface area contributed by atoms with Crippen LogP contribution in [0.2, 0.25) is 0 Å². The molecule has 0 amide bonds. The highest BCUT2D eigenvalue weighted by atomic mass is 16.5. The van der Waals surface area contributed by atoms with Crippen LogP contribution in [-0.4, -0.2) is 51.6 Å². The van der Waals surface area contributed by atoms with Gasteiger partial charge in [-0.3, -0.25) is 4.79 Å². The summed E-state index contributed by atoms with van der Waals surface area (Å²) in [5.41, 5.74) is 0. The molecule has 2 fully saturated rings. The van der Waals surface area contributed by atoms with Gasteiger partial charge in [0.1, 0.15) is 0 Å². The summed E-state index contributed by atoms with van der Waals surface area (Å²) in [6, 6.07) is 0. The molecule has 0 aromatic carbocycles. The number of ether oxygens (including phenoxy) is 3. The van der Waals surface area contributed by atoms with Crippen LogP contribution in [0.1, 0.15) is 25.7 Å². The van der Waals surface area contributed by atoms with Gasteiger partial charge in [-0.2, -0.15) is 0 Å². The zero-order valence-corrected chi connectivity index (χ0v) is 11.0. The molecule has 18 heavy (non-hydrogen) atoms. The molecule has 1 saturated carbocycles. The number of morpholine rings is 1. The van der Waals surface area contributed by atoms with Crippen molar-refractivity contribution in [1.29, 1.82) is 0 Å². The molecule has 0 spiro atoms. The fourth-order valence-corrected chi connectivity index (χ4v) is 2.60.